The van der Waals surface area contributed by atoms with Crippen LogP contribution in [0.2, 0.25) is 0 Å². The van der Waals surface area contributed by atoms with Gasteiger partial charge in [-0.2, -0.15) is 11.8 Å². The molecule has 0 aliphatic rings. The fourth-order valence-electron chi connectivity index (χ4n) is 1.19. The first-order chi connectivity index (χ1) is 8.02. The Labute approximate surface area is 101 Å². The lowest BCUT2D eigenvalue weighted by atomic mass is 10.2. The zero-order valence-electron chi connectivity index (χ0n) is 8.88. The maximum Gasteiger partial charge on any atom is 0.272 e. The van der Waals surface area contributed by atoms with Crippen LogP contribution >= 0.6 is 11.8 Å². The minimum absolute atomic E-state index is 0.289. The summed E-state index contributed by atoms with van der Waals surface area (Å²) in [5.41, 5.74) is 0.190. The quantitative estimate of drug-likeness (QED) is 0.596. The van der Waals surface area contributed by atoms with E-state index in [4.69, 9.17) is 10.2 Å². The van der Waals surface area contributed by atoms with E-state index in [9.17, 15) is 14.5 Å². The number of nitro groups is 1. The number of hydrogen-bond donors (Lipinski definition) is 2. The lowest BCUT2D eigenvalue weighted by Crippen LogP contribution is -2.14. The fraction of sp³-hybridized carbons (Fsp3) is 0.400. The van der Waals surface area contributed by atoms with Gasteiger partial charge in [-0.05, 0) is 11.6 Å². The number of aliphatic hydroxyl groups is 2. The van der Waals surface area contributed by atoms with Crippen molar-refractivity contribution in [2.75, 3.05) is 12.4 Å². The number of nitrogens with zero attached hydrogens (tertiary/aromatic N) is 1. The Morgan fingerprint density at radius 3 is 2.76 bits per heavy atom. The second kappa shape index (κ2) is 6.53. The molecule has 0 saturated carbocycles. The van der Waals surface area contributed by atoms with Gasteiger partial charge in [0.2, 0.25) is 0 Å². The van der Waals surface area contributed by atoms with Crippen LogP contribution in [0.5, 0.6) is 0 Å². The molecule has 94 valence electrons. The third-order valence-electron chi connectivity index (χ3n) is 1.94. The Morgan fingerprint density at radius 2 is 2.18 bits per heavy atom. The van der Waals surface area contributed by atoms with Crippen LogP contribution in [0.15, 0.2) is 18.2 Å². The molecule has 0 aliphatic heterocycles. The standard InChI is InChI=1S/C10H12FNO4S/c11-8-1-7(2-9(3-8)12(15)16)5-17-6-10(14)4-13/h1-3,10,13-14H,4-6H2. The average Bonchev–Trinajstić information content (AvgIpc) is 2.28. The summed E-state index contributed by atoms with van der Waals surface area (Å²) in [4.78, 5) is 9.84. The molecule has 1 rings (SSSR count). The summed E-state index contributed by atoms with van der Waals surface area (Å²) >= 11 is 1.27. The van der Waals surface area contributed by atoms with E-state index in [2.05, 4.69) is 0 Å². The van der Waals surface area contributed by atoms with E-state index in [0.717, 1.165) is 6.07 Å². The molecule has 0 heterocycles. The molecule has 2 N–H and O–H groups in total. The highest BCUT2D eigenvalue weighted by atomic mass is 32.2. The van der Waals surface area contributed by atoms with Crippen molar-refractivity contribution in [3.8, 4) is 0 Å². The molecule has 1 aromatic rings. The molecule has 0 aliphatic carbocycles. The Morgan fingerprint density at radius 1 is 1.47 bits per heavy atom. The molecule has 5 nitrogen and oxygen atoms in total. The Bertz CT molecular complexity index is 402. The van der Waals surface area contributed by atoms with Crippen LogP contribution < -0.4 is 0 Å². The lowest BCUT2D eigenvalue weighted by Gasteiger charge is -2.06. The van der Waals surface area contributed by atoms with E-state index in [1.165, 1.54) is 23.9 Å². The predicted octanol–water partition coefficient (Wildman–Crippen LogP) is 1.32. The molecule has 1 atom stereocenters. The predicted molar refractivity (Wildman–Crippen MR) is 62.3 cm³/mol. The van der Waals surface area contributed by atoms with Crippen LogP contribution in [-0.2, 0) is 5.75 Å². The first-order valence-corrected chi connectivity index (χ1v) is 5.99. The van der Waals surface area contributed by atoms with Crippen LogP contribution in [0.3, 0.4) is 0 Å². The van der Waals surface area contributed by atoms with Crippen molar-refractivity contribution in [2.45, 2.75) is 11.9 Å². The van der Waals surface area contributed by atoms with Crippen LogP contribution in [0, 0.1) is 15.9 Å². The number of aliphatic hydroxyl groups excluding tert-OH is 2. The van der Waals surface area contributed by atoms with E-state index >= 15 is 0 Å². The third kappa shape index (κ3) is 4.68. The summed E-state index contributed by atoms with van der Waals surface area (Å²) in [5, 5.41) is 28.2. The number of halogens is 1. The Balaban J connectivity index is 2.62. The molecule has 0 aromatic heterocycles. The number of nitro benzene ring substituents is 1. The van der Waals surface area contributed by atoms with E-state index in [1.807, 2.05) is 0 Å². The largest absolute Gasteiger partial charge is 0.394 e. The van der Waals surface area contributed by atoms with Crippen molar-refractivity contribution in [1.29, 1.82) is 0 Å². The highest BCUT2D eigenvalue weighted by molar-refractivity contribution is 7.98. The molecule has 0 amide bonds. The van der Waals surface area contributed by atoms with Gasteiger partial charge in [0.05, 0.1) is 23.7 Å². The first-order valence-electron chi connectivity index (χ1n) is 4.83. The van der Waals surface area contributed by atoms with Crippen LogP contribution in [0.4, 0.5) is 10.1 Å². The average molecular weight is 261 g/mol. The molecule has 0 fully saturated rings. The highest BCUT2D eigenvalue weighted by Gasteiger charge is 2.10. The van der Waals surface area contributed by atoms with E-state index in [-0.39, 0.29) is 12.3 Å². The summed E-state index contributed by atoms with van der Waals surface area (Å²) < 4.78 is 13.0. The fourth-order valence-corrected chi connectivity index (χ4v) is 2.09. The normalized spacial score (nSPS) is 12.4. The summed E-state index contributed by atoms with van der Waals surface area (Å²) in [7, 11) is 0. The molecule has 0 radical (unpaired) electrons. The molecular weight excluding hydrogens is 249 g/mol. The molecule has 17 heavy (non-hydrogen) atoms. The van der Waals surface area contributed by atoms with E-state index in [1.54, 1.807) is 0 Å². The van der Waals surface area contributed by atoms with Crippen molar-refractivity contribution in [1.82, 2.24) is 0 Å². The number of thioether (sulfide) groups is 1. The second-order valence-corrected chi connectivity index (χ2v) is 4.46. The summed E-state index contributed by atoms with van der Waals surface area (Å²) in [6, 6.07) is 3.36. The van der Waals surface area contributed by atoms with Crippen molar-refractivity contribution in [3.05, 3.63) is 39.7 Å². The lowest BCUT2D eigenvalue weighted by molar-refractivity contribution is -0.385. The molecule has 1 unspecified atom stereocenters. The monoisotopic (exact) mass is 261 g/mol. The summed E-state index contributed by atoms with van der Waals surface area (Å²) in [5.74, 6) is -0.0197. The minimum atomic E-state index is -0.830. The molecule has 1 aromatic carbocycles. The summed E-state index contributed by atoms with van der Waals surface area (Å²) in [6.45, 7) is -0.337. The first kappa shape index (κ1) is 13.9. The number of hydrogen-bond acceptors (Lipinski definition) is 5. The van der Waals surface area contributed by atoms with Gasteiger partial charge in [0, 0.05) is 17.6 Å². The minimum Gasteiger partial charge on any atom is -0.394 e. The second-order valence-electron chi connectivity index (χ2n) is 3.43. The third-order valence-corrected chi connectivity index (χ3v) is 3.10. The number of rotatable bonds is 6. The van der Waals surface area contributed by atoms with Crippen molar-refractivity contribution in [2.24, 2.45) is 0 Å². The molecular formula is C10H12FNO4S. The van der Waals surface area contributed by atoms with Gasteiger partial charge in [0.1, 0.15) is 5.82 Å². The van der Waals surface area contributed by atoms with Crippen LogP contribution in [-0.4, -0.2) is 33.6 Å². The molecule has 0 saturated heterocycles. The maximum atomic E-state index is 13.0. The Hall–Kier alpha value is -1.18. The van der Waals surface area contributed by atoms with Gasteiger partial charge >= 0.3 is 0 Å². The van der Waals surface area contributed by atoms with Gasteiger partial charge in [-0.25, -0.2) is 4.39 Å². The van der Waals surface area contributed by atoms with Crippen molar-refractivity contribution >= 4 is 17.4 Å². The molecule has 0 spiro atoms. The van der Waals surface area contributed by atoms with E-state index in [0.29, 0.717) is 17.1 Å². The number of benzene rings is 1. The van der Waals surface area contributed by atoms with Crippen LogP contribution in [0.1, 0.15) is 5.56 Å². The Kier molecular flexibility index (Phi) is 5.33. The van der Waals surface area contributed by atoms with Crippen molar-refractivity contribution < 1.29 is 19.5 Å². The maximum absolute atomic E-state index is 13.0. The van der Waals surface area contributed by atoms with Gasteiger partial charge in [0.25, 0.3) is 5.69 Å². The van der Waals surface area contributed by atoms with Gasteiger partial charge < -0.3 is 10.2 Å². The molecule has 7 heteroatoms. The smallest absolute Gasteiger partial charge is 0.272 e. The topological polar surface area (TPSA) is 83.6 Å². The van der Waals surface area contributed by atoms with Crippen LogP contribution in [0.25, 0.3) is 0 Å². The van der Waals surface area contributed by atoms with Gasteiger partial charge in [-0.15, -0.1) is 0 Å². The zero-order chi connectivity index (χ0) is 12.8. The van der Waals surface area contributed by atoms with Gasteiger partial charge in [0.15, 0.2) is 0 Å². The summed E-state index contributed by atoms with van der Waals surface area (Å²) in [6.07, 6.45) is -0.830. The van der Waals surface area contributed by atoms with Gasteiger partial charge in [-0.3, -0.25) is 10.1 Å². The zero-order valence-corrected chi connectivity index (χ0v) is 9.69. The molecule has 0 bridgehead atoms. The van der Waals surface area contributed by atoms with E-state index < -0.39 is 16.8 Å². The number of non-ortho nitro benzene ring substituents is 1. The SMILES string of the molecule is O=[N+]([O-])c1cc(F)cc(CSCC(O)CO)c1. The van der Waals surface area contributed by atoms with Crippen molar-refractivity contribution in [3.63, 3.8) is 0 Å². The van der Waals surface area contributed by atoms with Gasteiger partial charge in [-0.1, -0.05) is 0 Å². The highest BCUT2D eigenvalue weighted by Crippen LogP contribution is 2.20.